The van der Waals surface area contributed by atoms with Crippen molar-refractivity contribution < 1.29 is 100 Å². The van der Waals surface area contributed by atoms with Gasteiger partial charge in [-0.05, 0) is 53.2 Å². The maximum Gasteiger partial charge on any atom is 3.00 e. The van der Waals surface area contributed by atoms with Gasteiger partial charge in [0.2, 0.25) is 0 Å². The number of carboxylic acid groups (broad SMARTS) is 6. The van der Waals surface area contributed by atoms with E-state index in [2.05, 4.69) is 0 Å². The topological polar surface area (TPSA) is 272 Å². The van der Waals surface area contributed by atoms with Gasteiger partial charge >= 0.3 is 35.6 Å². The van der Waals surface area contributed by atoms with Crippen molar-refractivity contribution in [1.29, 1.82) is 0 Å². The van der Waals surface area contributed by atoms with Crippen LogP contribution >= 0.6 is 33.1 Å². The molecule has 2 N–H and O–H groups in total. The number of rotatable bonds is 1. The Hall–Kier alpha value is -2.58. The van der Waals surface area contributed by atoms with Gasteiger partial charge in [0, 0.05) is 41.4 Å². The molecular formula is C24H34Cl2LaO13P. The summed E-state index contributed by atoms with van der Waals surface area (Å²) in [6, 6.07) is 15.6. The molecule has 0 amide bonds. The Morgan fingerprint density at radius 2 is 0.756 bits per heavy atom. The molecule has 230 valence electrons. The molecule has 0 heterocycles. The molecule has 0 saturated heterocycles. The van der Waals surface area contributed by atoms with Gasteiger partial charge in [0.15, 0.2) is 0 Å². The van der Waals surface area contributed by atoms with E-state index in [0.29, 0.717) is 10.0 Å². The van der Waals surface area contributed by atoms with Crippen molar-refractivity contribution in [3.05, 3.63) is 58.6 Å². The van der Waals surface area contributed by atoms with E-state index in [-0.39, 0.29) is 51.0 Å². The summed E-state index contributed by atoms with van der Waals surface area (Å²) in [5.74, 6) is -6.50. The first-order chi connectivity index (χ1) is 17.2. The summed E-state index contributed by atoms with van der Waals surface area (Å²) < 4.78 is 0. The van der Waals surface area contributed by atoms with E-state index in [1.165, 1.54) is 0 Å². The van der Waals surface area contributed by atoms with E-state index in [0.717, 1.165) is 52.7 Å². The van der Waals surface area contributed by atoms with Crippen LogP contribution < -0.4 is 30.6 Å². The van der Waals surface area contributed by atoms with Crippen LogP contribution in [0, 0.1) is 35.6 Å². The van der Waals surface area contributed by atoms with Gasteiger partial charge in [-0.15, -0.1) is 0 Å². The van der Waals surface area contributed by atoms with Gasteiger partial charge in [0.25, 0.3) is 0 Å². The van der Waals surface area contributed by atoms with E-state index in [1.54, 1.807) is 6.07 Å². The number of carbonyl (C=O) groups is 6. The Morgan fingerprint density at radius 3 is 1.00 bits per heavy atom. The summed E-state index contributed by atoms with van der Waals surface area (Å²) in [6.07, 6.45) is 0. The predicted octanol–water partition coefficient (Wildman–Crippen LogP) is -4.37. The van der Waals surface area contributed by atoms with Crippen LogP contribution in [0.15, 0.2) is 48.5 Å². The molecule has 0 aliphatic carbocycles. The number of carbonyl (C=O) groups excluding carboxylic acids is 6. The largest absolute Gasteiger partial charge is 3.00 e. The SMILES string of the molecule is CC(=O)[O-].CC(=O)[O-].CC(=O)[O-].CC(=O)[O-].CC(=O)[O-].CC(=O)[O-].Clc1cccc(-c2ccccc2)c1Cl.O.[La+3].[PH6+3]. The molecule has 0 aliphatic rings. The molecule has 2 aromatic rings. The second-order valence-corrected chi connectivity index (χ2v) is 6.70. The summed E-state index contributed by atoms with van der Waals surface area (Å²) in [7, 11) is 0. The molecule has 0 fully saturated rings. The minimum atomic E-state index is -1.08. The van der Waals surface area contributed by atoms with Crippen LogP contribution in [0.4, 0.5) is 0 Å². The van der Waals surface area contributed by atoms with Crippen LogP contribution in [-0.4, -0.2) is 41.3 Å². The number of aliphatic carboxylic acids is 6. The predicted molar refractivity (Wildman–Crippen MR) is 145 cm³/mol. The van der Waals surface area contributed by atoms with Gasteiger partial charge < -0.3 is 64.9 Å². The van der Waals surface area contributed by atoms with Crippen molar-refractivity contribution in [2.75, 3.05) is 0 Å². The summed E-state index contributed by atoms with van der Waals surface area (Å²) in [5, 5.41) is 54.5. The molecule has 41 heavy (non-hydrogen) atoms. The van der Waals surface area contributed by atoms with Gasteiger partial charge in [-0.3, -0.25) is 9.90 Å². The van der Waals surface area contributed by atoms with Gasteiger partial charge in [0.1, 0.15) is 0 Å². The fourth-order valence-corrected chi connectivity index (χ4v) is 1.75. The standard InChI is InChI=1S/C12H8Cl2.6C2H4O2.La.H2O.H6P/c13-11-8-4-7-10(12(11)14)9-5-2-1-3-6-9;6*1-2(3)4;;;/h1-8H;6*1H3,(H,3,4);;1H2;1H6/q;;;;;;;+3;;+3/p-6. The number of hydrogen-bond donors (Lipinski definition) is 0. The summed E-state index contributed by atoms with van der Waals surface area (Å²) in [4.78, 5) is 53.3. The van der Waals surface area contributed by atoms with Gasteiger partial charge in [-0.2, -0.15) is 0 Å². The first-order valence-electron chi connectivity index (χ1n) is 9.73. The van der Waals surface area contributed by atoms with Crippen molar-refractivity contribution in [1.82, 2.24) is 0 Å². The van der Waals surface area contributed by atoms with Gasteiger partial charge in [0.05, 0.1) is 10.0 Å². The number of benzene rings is 2. The van der Waals surface area contributed by atoms with Gasteiger partial charge in [-0.25, -0.2) is 0 Å². The maximum atomic E-state index is 8.89. The Labute approximate surface area is 279 Å². The second-order valence-electron chi connectivity index (χ2n) is 5.92. The zero-order valence-corrected chi connectivity index (χ0v) is 27.5. The Bertz CT molecular complexity index is 876. The Morgan fingerprint density at radius 1 is 0.512 bits per heavy atom. The zero-order chi connectivity index (χ0) is 31.4. The van der Waals surface area contributed by atoms with E-state index in [1.807, 2.05) is 42.5 Å². The minimum absolute atomic E-state index is 0. The van der Waals surface area contributed by atoms with E-state index < -0.39 is 35.8 Å². The molecule has 0 atom stereocenters. The van der Waals surface area contributed by atoms with Crippen LogP contribution in [0.5, 0.6) is 0 Å². The third kappa shape index (κ3) is 85.6. The third-order valence-electron chi connectivity index (χ3n) is 2.04. The van der Waals surface area contributed by atoms with Crippen LogP contribution in [0.2, 0.25) is 10.0 Å². The average Bonchev–Trinajstić information content (AvgIpc) is 2.68. The molecule has 2 rings (SSSR count). The van der Waals surface area contributed by atoms with Crippen molar-refractivity contribution in [3.8, 4) is 11.1 Å². The molecule has 0 radical (unpaired) electrons. The molecule has 2 aromatic carbocycles. The van der Waals surface area contributed by atoms with Crippen LogP contribution in [0.1, 0.15) is 41.5 Å². The molecule has 0 spiro atoms. The fourth-order valence-electron chi connectivity index (χ4n) is 1.34. The van der Waals surface area contributed by atoms with E-state index >= 15 is 0 Å². The van der Waals surface area contributed by atoms with Crippen LogP contribution in [-0.2, 0) is 28.8 Å². The van der Waals surface area contributed by atoms with Crippen molar-refractivity contribution in [3.63, 3.8) is 0 Å². The molecular weight excluding hydrogens is 737 g/mol. The first kappa shape index (κ1) is 58.1. The number of carboxylic acids is 6. The van der Waals surface area contributed by atoms with Crippen molar-refractivity contribution >= 4 is 68.9 Å². The number of halogens is 2. The minimum Gasteiger partial charge on any atom is -0.550 e. The summed E-state index contributed by atoms with van der Waals surface area (Å²) in [6.45, 7) is 5.83. The summed E-state index contributed by atoms with van der Waals surface area (Å²) in [5.41, 5.74) is 2.06. The molecule has 0 aliphatic heterocycles. The molecule has 0 saturated carbocycles. The average molecular weight is 771 g/mol. The molecule has 0 aromatic heterocycles. The number of hydrogen-bond acceptors (Lipinski definition) is 12. The quantitative estimate of drug-likeness (QED) is 0.249. The molecule has 17 heteroatoms. The Kier molecular flexibility index (Phi) is 56.1. The van der Waals surface area contributed by atoms with Crippen LogP contribution in [0.3, 0.4) is 0 Å². The second kappa shape index (κ2) is 39.6. The molecule has 0 bridgehead atoms. The van der Waals surface area contributed by atoms with E-state index in [4.69, 9.17) is 82.6 Å². The van der Waals surface area contributed by atoms with Gasteiger partial charge in [-0.1, -0.05) is 65.7 Å². The maximum absolute atomic E-state index is 8.89. The first-order valence-corrected chi connectivity index (χ1v) is 10.5. The zero-order valence-electron chi connectivity index (χ0n) is 22.4. The summed E-state index contributed by atoms with van der Waals surface area (Å²) >= 11 is 12.0. The normalized spacial score (nSPS) is 7.12. The third-order valence-corrected chi connectivity index (χ3v) is 2.86. The molecule has 13 nitrogen and oxygen atoms in total. The van der Waals surface area contributed by atoms with Crippen LogP contribution in [0.25, 0.3) is 11.1 Å². The van der Waals surface area contributed by atoms with E-state index in [9.17, 15) is 0 Å². The molecule has 0 unspecified atom stereocenters. The fraction of sp³-hybridized carbons (Fsp3) is 0.250. The Balaban J connectivity index is -0.0000000573. The van der Waals surface area contributed by atoms with Crippen molar-refractivity contribution in [2.45, 2.75) is 41.5 Å². The monoisotopic (exact) mass is 770 g/mol. The van der Waals surface area contributed by atoms with Crippen molar-refractivity contribution in [2.24, 2.45) is 0 Å². The smallest absolute Gasteiger partial charge is 0.550 e.